The van der Waals surface area contributed by atoms with E-state index in [-0.39, 0.29) is 24.8 Å². The van der Waals surface area contributed by atoms with E-state index < -0.39 is 0 Å². The predicted octanol–water partition coefficient (Wildman–Crippen LogP) is 2.85. The van der Waals surface area contributed by atoms with Gasteiger partial charge < -0.3 is 15.5 Å². The summed E-state index contributed by atoms with van der Waals surface area (Å²) in [4.78, 5) is 14.9. The van der Waals surface area contributed by atoms with Crippen molar-refractivity contribution in [3.05, 3.63) is 0 Å². The number of piperidine rings is 1. The van der Waals surface area contributed by atoms with E-state index in [1.165, 1.54) is 44.9 Å². The second kappa shape index (κ2) is 9.61. The molecule has 1 amide bonds. The minimum absolute atomic E-state index is 0. The molecule has 4 nitrogen and oxygen atoms in total. The quantitative estimate of drug-likeness (QED) is 0.771. The number of rotatable bonds is 5. The largest absolute Gasteiger partial charge is 0.354 e. The zero-order valence-corrected chi connectivity index (χ0v) is 16.8. The maximum absolute atomic E-state index is 12.5. The van der Waals surface area contributed by atoms with Crippen LogP contribution in [0.1, 0.15) is 51.4 Å². The summed E-state index contributed by atoms with van der Waals surface area (Å²) in [6.45, 7) is 3.01. The molecule has 1 saturated heterocycles. The highest BCUT2D eigenvalue weighted by Crippen LogP contribution is 2.58. The molecule has 1 spiro atoms. The molecule has 0 aromatic rings. The molecule has 0 radical (unpaired) electrons. The Balaban J connectivity index is 0.00000144. The standard InChI is InChI=1S/C18H33N3O.2ClH/c1-21(2)16(14-6-4-3-5-7-14)13-20-17(22)15-12-18(15)8-10-19-11-9-18;;/h14-16,19H,3-13H2,1-2H3,(H,20,22);2*1H. The van der Waals surface area contributed by atoms with E-state index in [0.29, 0.717) is 23.3 Å². The number of carbonyl (C=O) groups is 1. The van der Waals surface area contributed by atoms with Crippen LogP contribution in [0.25, 0.3) is 0 Å². The average molecular weight is 380 g/mol. The first-order valence-electron chi connectivity index (χ1n) is 9.27. The van der Waals surface area contributed by atoms with Crippen LogP contribution in [0, 0.1) is 17.3 Å². The molecule has 2 unspecified atom stereocenters. The number of hydrogen-bond donors (Lipinski definition) is 2. The summed E-state index contributed by atoms with van der Waals surface area (Å²) < 4.78 is 0. The Labute approximate surface area is 159 Å². The third-order valence-corrected chi connectivity index (χ3v) is 6.45. The molecule has 2 aliphatic carbocycles. The number of nitrogens with one attached hydrogen (secondary N) is 2. The lowest BCUT2D eigenvalue weighted by Gasteiger charge is -2.35. The van der Waals surface area contributed by atoms with Gasteiger partial charge >= 0.3 is 0 Å². The summed E-state index contributed by atoms with van der Waals surface area (Å²) in [6, 6.07) is 0.506. The molecular formula is C18H35Cl2N3O. The summed E-state index contributed by atoms with van der Waals surface area (Å²) in [5, 5.41) is 6.70. The van der Waals surface area contributed by atoms with Crippen molar-refractivity contribution in [3.8, 4) is 0 Å². The summed E-state index contributed by atoms with van der Waals surface area (Å²) >= 11 is 0. The van der Waals surface area contributed by atoms with Gasteiger partial charge in [-0.25, -0.2) is 0 Å². The molecule has 3 aliphatic rings. The van der Waals surface area contributed by atoms with Gasteiger partial charge in [0.05, 0.1) is 0 Å². The highest BCUT2D eigenvalue weighted by molar-refractivity contribution is 5.85. The van der Waals surface area contributed by atoms with Crippen LogP contribution < -0.4 is 10.6 Å². The third-order valence-electron chi connectivity index (χ3n) is 6.45. The van der Waals surface area contributed by atoms with Gasteiger partial charge in [0.15, 0.2) is 0 Å². The predicted molar refractivity (Wildman–Crippen MR) is 104 cm³/mol. The van der Waals surface area contributed by atoms with E-state index in [4.69, 9.17) is 0 Å². The van der Waals surface area contributed by atoms with Crippen LogP contribution in [0.4, 0.5) is 0 Å². The van der Waals surface area contributed by atoms with Crippen molar-refractivity contribution in [1.82, 2.24) is 15.5 Å². The molecule has 3 fully saturated rings. The van der Waals surface area contributed by atoms with Gasteiger partial charge in [0, 0.05) is 18.5 Å². The molecule has 0 aromatic carbocycles. The monoisotopic (exact) mass is 379 g/mol. The molecule has 2 N–H and O–H groups in total. The zero-order valence-electron chi connectivity index (χ0n) is 15.2. The molecule has 142 valence electrons. The summed E-state index contributed by atoms with van der Waals surface area (Å²) in [5.41, 5.74) is 0.355. The van der Waals surface area contributed by atoms with E-state index >= 15 is 0 Å². The highest BCUT2D eigenvalue weighted by Gasteiger charge is 2.57. The molecule has 0 aromatic heterocycles. The summed E-state index contributed by atoms with van der Waals surface area (Å²) in [5.74, 6) is 1.38. The topological polar surface area (TPSA) is 44.4 Å². The minimum atomic E-state index is 0. The number of nitrogens with zero attached hydrogens (tertiary/aromatic N) is 1. The normalized spacial score (nSPS) is 27.0. The Kier molecular flexibility index (Phi) is 8.81. The first-order valence-corrected chi connectivity index (χ1v) is 9.27. The van der Waals surface area contributed by atoms with Crippen molar-refractivity contribution in [2.75, 3.05) is 33.7 Å². The van der Waals surface area contributed by atoms with Crippen LogP contribution >= 0.6 is 24.8 Å². The molecule has 2 atom stereocenters. The van der Waals surface area contributed by atoms with Gasteiger partial charge in [0.1, 0.15) is 0 Å². The van der Waals surface area contributed by atoms with E-state index in [1.54, 1.807) is 0 Å². The fourth-order valence-corrected chi connectivity index (χ4v) is 4.81. The fourth-order valence-electron chi connectivity index (χ4n) is 4.81. The Morgan fingerprint density at radius 3 is 2.38 bits per heavy atom. The first kappa shape index (κ1) is 22.0. The fraction of sp³-hybridized carbons (Fsp3) is 0.944. The molecule has 3 rings (SSSR count). The van der Waals surface area contributed by atoms with Gasteiger partial charge in [-0.1, -0.05) is 19.3 Å². The van der Waals surface area contributed by atoms with Crippen LogP contribution in [0.3, 0.4) is 0 Å². The van der Waals surface area contributed by atoms with Gasteiger partial charge in [-0.05, 0) is 70.6 Å². The van der Waals surface area contributed by atoms with Crippen LogP contribution in [0.2, 0.25) is 0 Å². The van der Waals surface area contributed by atoms with Gasteiger partial charge in [-0.3, -0.25) is 4.79 Å². The highest BCUT2D eigenvalue weighted by atomic mass is 35.5. The molecular weight excluding hydrogens is 345 g/mol. The van der Waals surface area contributed by atoms with Crippen LogP contribution in [0.5, 0.6) is 0 Å². The van der Waals surface area contributed by atoms with Crippen LogP contribution in [-0.2, 0) is 4.79 Å². The molecule has 1 aliphatic heterocycles. The Morgan fingerprint density at radius 1 is 1.17 bits per heavy atom. The van der Waals surface area contributed by atoms with Gasteiger partial charge in [-0.2, -0.15) is 0 Å². The lowest BCUT2D eigenvalue weighted by atomic mass is 9.83. The van der Waals surface area contributed by atoms with Crippen molar-refractivity contribution in [2.45, 2.75) is 57.4 Å². The molecule has 0 bridgehead atoms. The number of carbonyl (C=O) groups excluding carboxylic acids is 1. The Bertz CT molecular complexity index is 394. The SMILES string of the molecule is CN(C)C(CNC(=O)C1CC12CCNCC2)C1CCCCC1.Cl.Cl. The van der Waals surface area contributed by atoms with Gasteiger partial charge in [0.25, 0.3) is 0 Å². The minimum Gasteiger partial charge on any atom is -0.354 e. The Morgan fingerprint density at radius 2 is 1.79 bits per heavy atom. The van der Waals surface area contributed by atoms with E-state index in [1.807, 2.05) is 0 Å². The smallest absolute Gasteiger partial charge is 0.223 e. The van der Waals surface area contributed by atoms with Crippen molar-refractivity contribution in [3.63, 3.8) is 0 Å². The lowest BCUT2D eigenvalue weighted by molar-refractivity contribution is -0.123. The average Bonchev–Trinajstić information content (AvgIpc) is 3.22. The number of halogens is 2. The molecule has 6 heteroatoms. The van der Waals surface area contributed by atoms with E-state index in [9.17, 15) is 4.79 Å². The van der Waals surface area contributed by atoms with Crippen molar-refractivity contribution < 1.29 is 4.79 Å². The molecule has 24 heavy (non-hydrogen) atoms. The van der Waals surface area contributed by atoms with Gasteiger partial charge in [-0.15, -0.1) is 24.8 Å². The number of amides is 1. The third kappa shape index (κ3) is 5.00. The second-order valence-corrected chi connectivity index (χ2v) is 8.04. The molecule has 1 heterocycles. The zero-order chi connectivity index (χ0) is 15.6. The van der Waals surface area contributed by atoms with Crippen molar-refractivity contribution >= 4 is 30.7 Å². The number of likely N-dealkylation sites (N-methyl/N-ethyl adjacent to an activating group) is 1. The van der Waals surface area contributed by atoms with Gasteiger partial charge in [0.2, 0.25) is 5.91 Å². The second-order valence-electron chi connectivity index (χ2n) is 8.04. The van der Waals surface area contributed by atoms with E-state index in [2.05, 4.69) is 29.6 Å². The maximum atomic E-state index is 12.5. The first-order chi connectivity index (χ1) is 10.6. The maximum Gasteiger partial charge on any atom is 0.223 e. The van der Waals surface area contributed by atoms with Crippen molar-refractivity contribution in [1.29, 1.82) is 0 Å². The Hall–Kier alpha value is -0.0300. The molecule has 2 saturated carbocycles. The van der Waals surface area contributed by atoms with Crippen LogP contribution in [-0.4, -0.2) is 50.6 Å². The number of hydrogen-bond acceptors (Lipinski definition) is 3. The lowest BCUT2D eigenvalue weighted by Crippen LogP contribution is -2.46. The van der Waals surface area contributed by atoms with Crippen molar-refractivity contribution in [2.24, 2.45) is 17.3 Å². The summed E-state index contributed by atoms with van der Waals surface area (Å²) in [6.07, 6.45) is 10.3. The van der Waals surface area contributed by atoms with Crippen LogP contribution in [0.15, 0.2) is 0 Å². The van der Waals surface area contributed by atoms with E-state index in [0.717, 1.165) is 32.0 Å². The summed E-state index contributed by atoms with van der Waals surface area (Å²) in [7, 11) is 4.33.